The number of fused-ring (bicyclic) bond motifs is 1. The molecule has 1 atom stereocenters. The van der Waals surface area contributed by atoms with Crippen molar-refractivity contribution in [3.8, 4) is 0 Å². The van der Waals surface area contributed by atoms with Gasteiger partial charge in [-0.15, -0.1) is 11.3 Å². The van der Waals surface area contributed by atoms with Crippen molar-refractivity contribution in [2.24, 2.45) is 5.92 Å². The van der Waals surface area contributed by atoms with Crippen molar-refractivity contribution in [2.75, 3.05) is 0 Å². The number of carbonyl (C=O) groups is 2. The topological polar surface area (TPSA) is 72.7 Å². The monoisotopic (exact) mass is 333 g/mol. The van der Waals surface area contributed by atoms with E-state index in [0.717, 1.165) is 42.8 Å². The van der Waals surface area contributed by atoms with Crippen LogP contribution >= 0.6 is 11.3 Å². The maximum Gasteiger partial charge on any atom is 0.307 e. The van der Waals surface area contributed by atoms with Crippen LogP contribution < -0.4 is 5.32 Å². The van der Waals surface area contributed by atoms with E-state index in [0.29, 0.717) is 6.54 Å². The van der Waals surface area contributed by atoms with Gasteiger partial charge in [-0.25, -0.2) is 4.98 Å². The number of amides is 1. The van der Waals surface area contributed by atoms with Gasteiger partial charge < -0.3 is 10.1 Å². The van der Waals surface area contributed by atoms with Crippen molar-refractivity contribution in [1.29, 1.82) is 0 Å². The van der Waals surface area contributed by atoms with Gasteiger partial charge in [0.1, 0.15) is 5.60 Å². The molecule has 6 nitrogen and oxygen atoms in total. The van der Waals surface area contributed by atoms with Crippen LogP contribution in [0.5, 0.6) is 0 Å². The zero-order valence-corrected chi connectivity index (χ0v) is 13.6. The van der Waals surface area contributed by atoms with Gasteiger partial charge in [0.2, 0.25) is 5.91 Å². The molecule has 2 aliphatic rings. The van der Waals surface area contributed by atoms with Gasteiger partial charge in [0.15, 0.2) is 4.96 Å². The lowest BCUT2D eigenvalue weighted by molar-refractivity contribution is -0.153. The van der Waals surface area contributed by atoms with Gasteiger partial charge in [0, 0.05) is 17.8 Å². The minimum Gasteiger partial charge on any atom is -0.458 e. The van der Waals surface area contributed by atoms with Crippen molar-refractivity contribution < 1.29 is 14.3 Å². The normalized spacial score (nSPS) is 23.3. The largest absolute Gasteiger partial charge is 0.458 e. The van der Waals surface area contributed by atoms with Crippen LogP contribution in [-0.2, 0) is 20.9 Å². The number of carbonyl (C=O) groups excluding carboxylic acids is 2. The van der Waals surface area contributed by atoms with Gasteiger partial charge in [-0.1, -0.05) is 6.42 Å². The quantitative estimate of drug-likeness (QED) is 0.875. The summed E-state index contributed by atoms with van der Waals surface area (Å²) in [6.45, 7) is 0.383. The molecule has 2 aromatic rings. The zero-order chi connectivity index (χ0) is 15.9. The lowest BCUT2D eigenvalue weighted by atomic mass is 9.75. The lowest BCUT2D eigenvalue weighted by Crippen LogP contribution is -2.45. The van der Waals surface area contributed by atoms with Crippen molar-refractivity contribution in [2.45, 2.75) is 50.7 Å². The maximum absolute atomic E-state index is 12.6. The van der Waals surface area contributed by atoms with E-state index in [1.165, 1.54) is 0 Å². The van der Waals surface area contributed by atoms with E-state index in [4.69, 9.17) is 4.74 Å². The first-order chi connectivity index (χ1) is 11.2. The molecule has 122 valence electrons. The van der Waals surface area contributed by atoms with Gasteiger partial charge in [0.25, 0.3) is 0 Å². The molecular weight excluding hydrogens is 314 g/mol. The van der Waals surface area contributed by atoms with E-state index in [-0.39, 0.29) is 24.2 Å². The van der Waals surface area contributed by atoms with Crippen LogP contribution in [0.2, 0.25) is 0 Å². The number of nitrogens with one attached hydrogen (secondary N) is 1. The third-order valence-corrected chi connectivity index (χ3v) is 5.70. The van der Waals surface area contributed by atoms with Gasteiger partial charge in [-0.05, 0) is 25.7 Å². The number of nitrogens with zero attached hydrogens (tertiary/aromatic N) is 2. The molecule has 0 bridgehead atoms. The van der Waals surface area contributed by atoms with Gasteiger partial charge in [0.05, 0.1) is 24.6 Å². The summed E-state index contributed by atoms with van der Waals surface area (Å²) in [6, 6.07) is 0. The Morgan fingerprint density at radius 2 is 2.26 bits per heavy atom. The summed E-state index contributed by atoms with van der Waals surface area (Å²) in [5.74, 6) is -0.692. The van der Waals surface area contributed by atoms with E-state index in [9.17, 15) is 9.59 Å². The Bertz CT molecular complexity index is 716. The van der Waals surface area contributed by atoms with Crippen LogP contribution in [0.3, 0.4) is 0 Å². The summed E-state index contributed by atoms with van der Waals surface area (Å²) in [4.78, 5) is 29.8. The van der Waals surface area contributed by atoms with Gasteiger partial charge in [-0.3, -0.25) is 14.0 Å². The summed E-state index contributed by atoms with van der Waals surface area (Å²) in [7, 11) is 0. The fourth-order valence-electron chi connectivity index (χ4n) is 3.79. The van der Waals surface area contributed by atoms with Crippen molar-refractivity contribution in [1.82, 2.24) is 14.7 Å². The molecule has 1 aliphatic heterocycles. The number of rotatable bonds is 3. The molecule has 1 aliphatic carbocycles. The predicted octanol–water partition coefficient (Wildman–Crippen LogP) is 2.28. The van der Waals surface area contributed by atoms with Crippen LogP contribution in [0, 0.1) is 5.92 Å². The summed E-state index contributed by atoms with van der Waals surface area (Å²) in [5, 5.41) is 4.91. The van der Waals surface area contributed by atoms with E-state index in [2.05, 4.69) is 10.3 Å². The molecule has 1 amide bonds. The van der Waals surface area contributed by atoms with Crippen LogP contribution in [0.15, 0.2) is 17.8 Å². The molecule has 2 aromatic heterocycles. The zero-order valence-electron chi connectivity index (χ0n) is 12.8. The highest BCUT2D eigenvalue weighted by molar-refractivity contribution is 7.15. The lowest BCUT2D eigenvalue weighted by Gasteiger charge is -2.35. The Balaban J connectivity index is 1.45. The van der Waals surface area contributed by atoms with Crippen LogP contribution in [0.4, 0.5) is 0 Å². The second-order valence-corrected chi connectivity index (χ2v) is 7.27. The van der Waals surface area contributed by atoms with E-state index in [1.807, 2.05) is 22.2 Å². The molecule has 1 saturated carbocycles. The SMILES string of the molecule is O=C1C[C@@H](C(=O)NCc2cn3ccsc3n2)C2(CCCCC2)O1. The number of hydrogen-bond acceptors (Lipinski definition) is 5. The van der Waals surface area contributed by atoms with E-state index < -0.39 is 5.60 Å². The second kappa shape index (κ2) is 5.63. The highest BCUT2D eigenvalue weighted by atomic mass is 32.1. The molecule has 4 rings (SSSR count). The average molecular weight is 333 g/mol. The Kier molecular flexibility index (Phi) is 3.60. The molecule has 23 heavy (non-hydrogen) atoms. The number of thiazole rings is 1. The fourth-order valence-corrected chi connectivity index (χ4v) is 4.51. The average Bonchev–Trinajstić information content (AvgIpc) is 3.19. The molecule has 0 aromatic carbocycles. The van der Waals surface area contributed by atoms with Crippen molar-refractivity contribution in [3.63, 3.8) is 0 Å². The second-order valence-electron chi connectivity index (χ2n) is 6.40. The highest BCUT2D eigenvalue weighted by Crippen LogP contribution is 2.44. The Hall–Kier alpha value is -1.89. The Morgan fingerprint density at radius 1 is 1.43 bits per heavy atom. The standard InChI is InChI=1S/C16H19N3O3S/c20-13-8-12(16(22-13)4-2-1-3-5-16)14(21)17-9-11-10-19-6-7-23-15(19)18-11/h6-7,10,12H,1-5,8-9H2,(H,17,21)/t12-/m0/s1. The molecule has 2 fully saturated rings. The van der Waals surface area contributed by atoms with Crippen molar-refractivity contribution >= 4 is 28.2 Å². The number of esters is 1. The third-order valence-electron chi connectivity index (χ3n) is 4.93. The summed E-state index contributed by atoms with van der Waals surface area (Å²) in [6.07, 6.45) is 8.86. The van der Waals surface area contributed by atoms with Gasteiger partial charge in [-0.2, -0.15) is 0 Å². The fraction of sp³-hybridized carbons (Fsp3) is 0.562. The van der Waals surface area contributed by atoms with Gasteiger partial charge >= 0.3 is 5.97 Å². The smallest absolute Gasteiger partial charge is 0.307 e. The van der Waals surface area contributed by atoms with E-state index in [1.54, 1.807) is 11.3 Å². The molecule has 1 saturated heterocycles. The Morgan fingerprint density at radius 3 is 3.04 bits per heavy atom. The molecule has 7 heteroatoms. The minimum absolute atomic E-state index is 0.0888. The summed E-state index contributed by atoms with van der Waals surface area (Å²) >= 11 is 1.56. The molecule has 1 N–H and O–H groups in total. The molecular formula is C16H19N3O3S. The first-order valence-electron chi connectivity index (χ1n) is 8.07. The minimum atomic E-state index is -0.562. The first kappa shape index (κ1) is 14.7. The van der Waals surface area contributed by atoms with Crippen LogP contribution in [0.1, 0.15) is 44.2 Å². The number of ether oxygens (including phenoxy) is 1. The summed E-state index contributed by atoms with van der Waals surface area (Å²) < 4.78 is 7.53. The Labute approximate surface area is 137 Å². The predicted molar refractivity (Wildman–Crippen MR) is 84.9 cm³/mol. The highest BCUT2D eigenvalue weighted by Gasteiger charge is 2.52. The number of imidazole rings is 1. The van der Waals surface area contributed by atoms with Crippen LogP contribution in [-0.4, -0.2) is 26.9 Å². The van der Waals surface area contributed by atoms with Crippen molar-refractivity contribution in [3.05, 3.63) is 23.5 Å². The molecule has 0 radical (unpaired) electrons. The summed E-state index contributed by atoms with van der Waals surface area (Å²) in [5.41, 5.74) is 0.265. The maximum atomic E-state index is 12.6. The van der Waals surface area contributed by atoms with E-state index >= 15 is 0 Å². The van der Waals surface area contributed by atoms with Crippen LogP contribution in [0.25, 0.3) is 4.96 Å². The molecule has 1 spiro atoms. The molecule has 0 unspecified atom stereocenters. The number of hydrogen-bond donors (Lipinski definition) is 1. The third kappa shape index (κ3) is 2.63. The first-order valence-corrected chi connectivity index (χ1v) is 8.95. The molecule has 3 heterocycles. The number of aromatic nitrogens is 2.